The van der Waals surface area contributed by atoms with Gasteiger partial charge in [0.15, 0.2) is 5.78 Å². The molecule has 0 saturated carbocycles. The van der Waals surface area contributed by atoms with Gasteiger partial charge in [-0.1, -0.05) is 11.8 Å². The third-order valence-electron chi connectivity index (χ3n) is 2.06. The summed E-state index contributed by atoms with van der Waals surface area (Å²) in [5.41, 5.74) is 1.20. The minimum atomic E-state index is -0.557. The van der Waals surface area contributed by atoms with Crippen LogP contribution in [0.1, 0.15) is 17.7 Å². The number of ketones is 1. The number of carbonyl (C=O) groups is 2. The molecule has 1 rings (SSSR count). The maximum Gasteiger partial charge on any atom is 0.313 e. The lowest BCUT2D eigenvalue weighted by Crippen LogP contribution is -2.11. The van der Waals surface area contributed by atoms with Crippen LogP contribution in [0.3, 0.4) is 0 Å². The van der Waals surface area contributed by atoms with Crippen molar-refractivity contribution in [1.29, 1.82) is 5.26 Å². The molecule has 1 aromatic heterocycles. The Morgan fingerprint density at radius 1 is 1.50 bits per heavy atom. The predicted molar refractivity (Wildman–Crippen MR) is 66.1 cm³/mol. The Balaban J connectivity index is 2.64. The number of aryl methyl sites for hydroxylation is 1. The standard InChI is InChI=1S/C12H12N2O3S/c1-8-3-4-9(6-13)12(14-8)18-7-10(15)5-11(16)17-2/h3-4H,5,7H2,1-2H3. The number of carbonyl (C=O) groups excluding carboxylic acids is 2. The Morgan fingerprint density at radius 2 is 2.22 bits per heavy atom. The van der Waals surface area contributed by atoms with Gasteiger partial charge in [0.1, 0.15) is 17.5 Å². The molecule has 0 atom stereocenters. The van der Waals surface area contributed by atoms with Gasteiger partial charge in [0, 0.05) is 5.69 Å². The van der Waals surface area contributed by atoms with Crippen molar-refractivity contribution in [1.82, 2.24) is 4.98 Å². The van der Waals surface area contributed by atoms with Gasteiger partial charge in [0.2, 0.25) is 0 Å². The first-order chi connectivity index (χ1) is 8.56. The molecule has 0 amide bonds. The van der Waals surface area contributed by atoms with Gasteiger partial charge >= 0.3 is 5.97 Å². The maximum absolute atomic E-state index is 11.4. The molecule has 0 aromatic carbocycles. The second-order valence-electron chi connectivity index (χ2n) is 3.50. The molecule has 18 heavy (non-hydrogen) atoms. The monoisotopic (exact) mass is 264 g/mol. The maximum atomic E-state index is 11.4. The van der Waals surface area contributed by atoms with Gasteiger partial charge in [0.05, 0.1) is 18.4 Å². The number of nitrogens with zero attached hydrogens (tertiary/aromatic N) is 2. The van der Waals surface area contributed by atoms with E-state index in [1.54, 1.807) is 12.1 Å². The average Bonchev–Trinajstić information content (AvgIpc) is 2.36. The fourth-order valence-corrected chi connectivity index (χ4v) is 2.04. The van der Waals surface area contributed by atoms with E-state index >= 15 is 0 Å². The molecule has 0 unspecified atom stereocenters. The van der Waals surface area contributed by atoms with Gasteiger partial charge in [-0.2, -0.15) is 5.26 Å². The van der Waals surface area contributed by atoms with Crippen LogP contribution in [0.25, 0.3) is 0 Å². The summed E-state index contributed by atoms with van der Waals surface area (Å²) in [7, 11) is 1.23. The van der Waals surface area contributed by atoms with E-state index in [0.29, 0.717) is 10.6 Å². The molecule has 0 radical (unpaired) electrons. The minimum absolute atomic E-state index is 0.0975. The van der Waals surface area contributed by atoms with E-state index in [9.17, 15) is 9.59 Å². The predicted octanol–water partition coefficient (Wildman–Crippen LogP) is 1.49. The molecule has 6 heteroatoms. The summed E-state index contributed by atoms with van der Waals surface area (Å²) in [5.74, 6) is -0.711. The van der Waals surface area contributed by atoms with Gasteiger partial charge in [-0.3, -0.25) is 9.59 Å². The molecule has 94 valence electrons. The summed E-state index contributed by atoms with van der Waals surface area (Å²) >= 11 is 1.16. The summed E-state index contributed by atoms with van der Waals surface area (Å²) in [4.78, 5) is 26.5. The number of Topliss-reactive ketones (excluding diaryl/α,β-unsaturated/α-hetero) is 1. The summed E-state index contributed by atoms with van der Waals surface area (Å²) in [6.07, 6.45) is -0.253. The molecule has 5 nitrogen and oxygen atoms in total. The summed E-state index contributed by atoms with van der Waals surface area (Å²) < 4.78 is 4.40. The summed E-state index contributed by atoms with van der Waals surface area (Å²) in [6, 6.07) is 5.41. The fourth-order valence-electron chi connectivity index (χ4n) is 1.16. The molecule has 1 heterocycles. The number of methoxy groups -OCH3 is 1. The molecular formula is C12H12N2O3S. The molecule has 0 bridgehead atoms. The topological polar surface area (TPSA) is 80.1 Å². The van der Waals surface area contributed by atoms with E-state index in [2.05, 4.69) is 9.72 Å². The third kappa shape index (κ3) is 4.18. The van der Waals surface area contributed by atoms with Gasteiger partial charge in [-0.05, 0) is 19.1 Å². The van der Waals surface area contributed by atoms with Crippen LogP contribution in [0, 0.1) is 18.3 Å². The minimum Gasteiger partial charge on any atom is -0.469 e. The van der Waals surface area contributed by atoms with Crippen molar-refractivity contribution in [2.75, 3.05) is 12.9 Å². The molecule has 0 aliphatic carbocycles. The fraction of sp³-hybridized carbons (Fsp3) is 0.333. The molecular weight excluding hydrogens is 252 g/mol. The first-order valence-electron chi connectivity index (χ1n) is 5.16. The van der Waals surface area contributed by atoms with E-state index in [1.165, 1.54) is 7.11 Å². The zero-order chi connectivity index (χ0) is 13.5. The van der Waals surface area contributed by atoms with Crippen LogP contribution in [0.4, 0.5) is 0 Å². The molecule has 0 aliphatic heterocycles. The van der Waals surface area contributed by atoms with E-state index < -0.39 is 5.97 Å². The van der Waals surface area contributed by atoms with Crippen LogP contribution >= 0.6 is 11.8 Å². The molecule has 0 N–H and O–H groups in total. The van der Waals surface area contributed by atoms with Gasteiger partial charge < -0.3 is 4.74 Å². The number of hydrogen-bond donors (Lipinski definition) is 0. The number of hydrogen-bond acceptors (Lipinski definition) is 6. The molecule has 0 saturated heterocycles. The largest absolute Gasteiger partial charge is 0.469 e. The quantitative estimate of drug-likeness (QED) is 0.455. The van der Waals surface area contributed by atoms with Crippen molar-refractivity contribution in [2.45, 2.75) is 18.4 Å². The second-order valence-corrected chi connectivity index (χ2v) is 4.46. The third-order valence-corrected chi connectivity index (χ3v) is 3.11. The molecule has 1 aromatic rings. The van der Waals surface area contributed by atoms with E-state index in [4.69, 9.17) is 5.26 Å². The summed E-state index contributed by atoms with van der Waals surface area (Å²) in [6.45, 7) is 1.81. The van der Waals surface area contributed by atoms with Crippen LogP contribution < -0.4 is 0 Å². The second kappa shape index (κ2) is 6.77. The number of ether oxygens (including phenoxy) is 1. The van der Waals surface area contributed by atoms with Crippen molar-refractivity contribution >= 4 is 23.5 Å². The average molecular weight is 264 g/mol. The van der Waals surface area contributed by atoms with Crippen LogP contribution in [-0.2, 0) is 14.3 Å². The van der Waals surface area contributed by atoms with Crippen LogP contribution in [0.2, 0.25) is 0 Å². The van der Waals surface area contributed by atoms with Crippen molar-refractivity contribution in [3.8, 4) is 6.07 Å². The number of nitriles is 1. The van der Waals surface area contributed by atoms with Gasteiger partial charge in [-0.25, -0.2) is 4.98 Å². The first kappa shape index (κ1) is 14.2. The van der Waals surface area contributed by atoms with Crippen molar-refractivity contribution < 1.29 is 14.3 Å². The van der Waals surface area contributed by atoms with Crippen LogP contribution in [-0.4, -0.2) is 29.6 Å². The highest BCUT2D eigenvalue weighted by molar-refractivity contribution is 8.00. The lowest BCUT2D eigenvalue weighted by Gasteiger charge is -2.03. The van der Waals surface area contributed by atoms with Gasteiger partial charge in [0.25, 0.3) is 0 Å². The highest BCUT2D eigenvalue weighted by atomic mass is 32.2. The van der Waals surface area contributed by atoms with Crippen molar-refractivity contribution in [3.63, 3.8) is 0 Å². The number of rotatable bonds is 5. The zero-order valence-corrected chi connectivity index (χ0v) is 10.9. The van der Waals surface area contributed by atoms with Crippen molar-refractivity contribution in [2.24, 2.45) is 0 Å². The Bertz CT molecular complexity index is 509. The zero-order valence-electron chi connectivity index (χ0n) is 10.1. The lowest BCUT2D eigenvalue weighted by molar-refractivity contribution is -0.142. The number of pyridine rings is 1. The molecule has 0 aliphatic rings. The SMILES string of the molecule is COC(=O)CC(=O)CSc1nc(C)ccc1C#N. The number of thioether (sulfide) groups is 1. The van der Waals surface area contributed by atoms with Crippen LogP contribution in [0.5, 0.6) is 0 Å². The highest BCUT2D eigenvalue weighted by Crippen LogP contribution is 2.20. The Hall–Kier alpha value is -1.87. The van der Waals surface area contributed by atoms with Gasteiger partial charge in [-0.15, -0.1) is 0 Å². The van der Waals surface area contributed by atoms with Crippen molar-refractivity contribution in [3.05, 3.63) is 23.4 Å². The normalized spacial score (nSPS) is 9.61. The van der Waals surface area contributed by atoms with Crippen LogP contribution in [0.15, 0.2) is 17.2 Å². The van der Waals surface area contributed by atoms with E-state index in [1.807, 2.05) is 13.0 Å². The Kier molecular flexibility index (Phi) is 5.33. The smallest absolute Gasteiger partial charge is 0.313 e. The number of aromatic nitrogens is 1. The summed E-state index contributed by atoms with van der Waals surface area (Å²) in [5, 5.41) is 9.41. The first-order valence-corrected chi connectivity index (χ1v) is 6.14. The molecule has 0 fully saturated rings. The Morgan fingerprint density at radius 3 is 2.83 bits per heavy atom. The Labute approximate surface area is 109 Å². The molecule has 0 spiro atoms. The highest BCUT2D eigenvalue weighted by Gasteiger charge is 2.12. The lowest BCUT2D eigenvalue weighted by atomic mass is 10.3. The van der Waals surface area contributed by atoms with E-state index in [-0.39, 0.29) is 18.0 Å². The number of esters is 1. The van der Waals surface area contributed by atoms with E-state index in [0.717, 1.165) is 17.5 Å².